The molecule has 7 nitrogen and oxygen atoms in total. The van der Waals surface area contributed by atoms with Crippen LogP contribution in [0.15, 0.2) is 47.6 Å². The number of hydrogen-bond donors (Lipinski definition) is 2. The zero-order chi connectivity index (χ0) is 15.5. The number of rotatable bonds is 4. The number of aromatic hydroxyl groups is 1. The number of fused-ring (bicyclic) bond motifs is 1. The maximum absolute atomic E-state index is 10.6. The summed E-state index contributed by atoms with van der Waals surface area (Å²) in [4.78, 5) is 14.3. The highest BCUT2D eigenvalue weighted by molar-refractivity contribution is 7.22. The number of nitro benzene ring substituents is 1. The first-order valence-corrected chi connectivity index (χ1v) is 7.07. The number of hydrogen-bond acceptors (Lipinski definition) is 7. The predicted octanol–water partition coefficient (Wildman–Crippen LogP) is 3.36. The van der Waals surface area contributed by atoms with E-state index in [-0.39, 0.29) is 5.69 Å². The smallest absolute Gasteiger partial charge is 0.310 e. The summed E-state index contributed by atoms with van der Waals surface area (Å²) in [6.45, 7) is 0. The van der Waals surface area contributed by atoms with Gasteiger partial charge in [0.2, 0.25) is 5.13 Å². The number of nitrogens with zero attached hydrogens (tertiary/aromatic N) is 3. The van der Waals surface area contributed by atoms with E-state index in [2.05, 4.69) is 15.5 Å². The Kier molecular flexibility index (Phi) is 3.67. The molecule has 0 radical (unpaired) electrons. The first-order valence-electron chi connectivity index (χ1n) is 6.25. The van der Waals surface area contributed by atoms with Gasteiger partial charge in [0.1, 0.15) is 0 Å². The van der Waals surface area contributed by atoms with Gasteiger partial charge in [-0.3, -0.25) is 15.5 Å². The maximum atomic E-state index is 10.6. The minimum Gasteiger partial charge on any atom is -0.502 e. The minimum atomic E-state index is -0.643. The average molecular weight is 314 g/mol. The summed E-state index contributed by atoms with van der Waals surface area (Å²) in [5.41, 5.74) is 3.89. The highest BCUT2D eigenvalue weighted by atomic mass is 32.1. The molecule has 0 saturated carbocycles. The summed E-state index contributed by atoms with van der Waals surface area (Å²) in [5, 5.41) is 24.8. The fourth-order valence-corrected chi connectivity index (χ4v) is 2.67. The fraction of sp³-hybridized carbons (Fsp3) is 0. The van der Waals surface area contributed by atoms with Gasteiger partial charge in [-0.25, -0.2) is 4.98 Å². The molecular formula is C14H10N4O3S. The average Bonchev–Trinajstić information content (AvgIpc) is 2.89. The zero-order valence-electron chi connectivity index (χ0n) is 11.1. The normalized spacial score (nSPS) is 11.1. The molecule has 0 unspecified atom stereocenters. The topological polar surface area (TPSA) is 101 Å². The van der Waals surface area contributed by atoms with E-state index in [1.807, 2.05) is 24.3 Å². The highest BCUT2D eigenvalue weighted by Gasteiger charge is 2.12. The SMILES string of the molecule is O=[N+]([O-])c1ccc(/C=N/Nc2nc3ccccc3s2)cc1O. The molecule has 0 aliphatic carbocycles. The number of aromatic nitrogens is 1. The molecule has 0 bridgehead atoms. The van der Waals surface area contributed by atoms with Gasteiger partial charge in [0, 0.05) is 6.07 Å². The van der Waals surface area contributed by atoms with Crippen molar-refractivity contribution < 1.29 is 10.0 Å². The number of para-hydroxylation sites is 1. The number of phenolic OH excluding ortho intramolecular Hbond substituents is 1. The summed E-state index contributed by atoms with van der Waals surface area (Å²) in [6.07, 6.45) is 1.45. The van der Waals surface area contributed by atoms with Crippen LogP contribution in [0, 0.1) is 10.1 Å². The van der Waals surface area contributed by atoms with Crippen molar-refractivity contribution in [3.8, 4) is 5.75 Å². The standard InChI is InChI=1S/C14H10N4O3S/c19-12-7-9(5-6-11(12)18(20)21)8-15-17-14-16-10-3-1-2-4-13(10)22-14/h1-8,19H,(H,16,17)/b15-8+. The number of benzene rings is 2. The van der Waals surface area contributed by atoms with Gasteiger partial charge in [-0.1, -0.05) is 23.5 Å². The van der Waals surface area contributed by atoms with E-state index >= 15 is 0 Å². The second-order valence-corrected chi connectivity index (χ2v) is 5.39. The number of hydrazone groups is 1. The van der Waals surface area contributed by atoms with Crippen LogP contribution in [0.3, 0.4) is 0 Å². The summed E-state index contributed by atoms with van der Waals surface area (Å²) < 4.78 is 1.05. The first-order chi connectivity index (χ1) is 10.6. The van der Waals surface area contributed by atoms with E-state index in [4.69, 9.17) is 0 Å². The Morgan fingerprint density at radius 1 is 1.32 bits per heavy atom. The summed E-state index contributed by atoms with van der Waals surface area (Å²) in [5.74, 6) is -0.395. The number of nitrogens with one attached hydrogen (secondary N) is 1. The third-order valence-electron chi connectivity index (χ3n) is 2.86. The van der Waals surface area contributed by atoms with Crippen molar-refractivity contribution in [2.45, 2.75) is 0 Å². The van der Waals surface area contributed by atoms with Crippen LogP contribution >= 0.6 is 11.3 Å². The maximum Gasteiger partial charge on any atom is 0.310 e. The van der Waals surface area contributed by atoms with Crippen molar-refractivity contribution in [1.29, 1.82) is 0 Å². The van der Waals surface area contributed by atoms with Gasteiger partial charge in [0.15, 0.2) is 5.75 Å². The molecule has 2 N–H and O–H groups in total. The van der Waals surface area contributed by atoms with Crippen molar-refractivity contribution in [2.75, 3.05) is 5.43 Å². The Bertz CT molecular complexity index is 842. The Morgan fingerprint density at radius 2 is 2.14 bits per heavy atom. The van der Waals surface area contributed by atoms with Crippen LogP contribution in [0.5, 0.6) is 5.75 Å². The lowest BCUT2D eigenvalue weighted by Crippen LogP contribution is -1.92. The van der Waals surface area contributed by atoms with Gasteiger partial charge >= 0.3 is 5.69 Å². The second-order valence-electron chi connectivity index (χ2n) is 4.36. The third kappa shape index (κ3) is 2.86. The molecule has 3 rings (SSSR count). The molecule has 1 aromatic heterocycles. The van der Waals surface area contributed by atoms with Crippen LogP contribution in [-0.4, -0.2) is 21.2 Å². The molecule has 0 spiro atoms. The van der Waals surface area contributed by atoms with Crippen LogP contribution in [0.25, 0.3) is 10.2 Å². The number of thiazole rings is 1. The van der Waals surface area contributed by atoms with Gasteiger partial charge in [0.25, 0.3) is 0 Å². The molecule has 0 amide bonds. The number of anilines is 1. The van der Waals surface area contributed by atoms with Crippen LogP contribution in [-0.2, 0) is 0 Å². The molecule has 2 aromatic carbocycles. The first kappa shape index (κ1) is 14.0. The van der Waals surface area contributed by atoms with E-state index in [0.717, 1.165) is 10.2 Å². The molecule has 0 aliphatic heterocycles. The van der Waals surface area contributed by atoms with Crippen molar-refractivity contribution in [3.05, 3.63) is 58.1 Å². The molecular weight excluding hydrogens is 304 g/mol. The lowest BCUT2D eigenvalue weighted by Gasteiger charge is -1.97. The van der Waals surface area contributed by atoms with Crippen molar-refractivity contribution in [3.63, 3.8) is 0 Å². The highest BCUT2D eigenvalue weighted by Crippen LogP contribution is 2.26. The molecule has 1 heterocycles. The number of nitro groups is 1. The lowest BCUT2D eigenvalue weighted by molar-refractivity contribution is -0.385. The van der Waals surface area contributed by atoms with Crippen LogP contribution in [0.4, 0.5) is 10.8 Å². The predicted molar refractivity (Wildman–Crippen MR) is 85.6 cm³/mol. The van der Waals surface area contributed by atoms with Gasteiger partial charge in [0.05, 0.1) is 21.4 Å². The van der Waals surface area contributed by atoms with E-state index in [1.165, 1.54) is 35.8 Å². The van der Waals surface area contributed by atoms with Gasteiger partial charge in [-0.05, 0) is 29.8 Å². The largest absolute Gasteiger partial charge is 0.502 e. The van der Waals surface area contributed by atoms with E-state index in [1.54, 1.807) is 0 Å². The summed E-state index contributed by atoms with van der Waals surface area (Å²) >= 11 is 1.47. The quantitative estimate of drug-likeness (QED) is 0.437. The Hall–Kier alpha value is -3.00. The van der Waals surface area contributed by atoms with Gasteiger partial charge in [-0.15, -0.1) is 0 Å². The summed E-state index contributed by atoms with van der Waals surface area (Å²) in [7, 11) is 0. The Balaban J connectivity index is 1.74. The van der Waals surface area contributed by atoms with Crippen molar-refractivity contribution in [1.82, 2.24) is 4.98 Å². The molecule has 0 aliphatic rings. The Labute approximate surface area is 128 Å². The molecule has 0 fully saturated rings. The molecule has 22 heavy (non-hydrogen) atoms. The molecule has 0 atom stereocenters. The minimum absolute atomic E-state index is 0.337. The van der Waals surface area contributed by atoms with Crippen LogP contribution < -0.4 is 5.43 Å². The zero-order valence-corrected chi connectivity index (χ0v) is 11.9. The van der Waals surface area contributed by atoms with Crippen molar-refractivity contribution in [2.24, 2.45) is 5.10 Å². The molecule has 3 aromatic rings. The Morgan fingerprint density at radius 3 is 2.86 bits per heavy atom. The van der Waals surface area contributed by atoms with Gasteiger partial charge in [-0.2, -0.15) is 5.10 Å². The van der Waals surface area contributed by atoms with E-state index in [0.29, 0.717) is 10.7 Å². The van der Waals surface area contributed by atoms with Crippen molar-refractivity contribution >= 4 is 38.6 Å². The van der Waals surface area contributed by atoms with E-state index < -0.39 is 10.7 Å². The molecule has 0 saturated heterocycles. The monoisotopic (exact) mass is 314 g/mol. The molecule has 110 valence electrons. The van der Waals surface area contributed by atoms with Crippen LogP contribution in [0.2, 0.25) is 0 Å². The molecule has 8 heteroatoms. The lowest BCUT2D eigenvalue weighted by atomic mass is 10.2. The summed E-state index contributed by atoms with van der Waals surface area (Å²) in [6, 6.07) is 11.7. The number of phenols is 1. The fourth-order valence-electron chi connectivity index (χ4n) is 1.86. The van der Waals surface area contributed by atoms with E-state index in [9.17, 15) is 15.2 Å². The van der Waals surface area contributed by atoms with Gasteiger partial charge < -0.3 is 5.11 Å². The second kappa shape index (κ2) is 5.78. The third-order valence-corrected chi connectivity index (χ3v) is 3.80. The van der Waals surface area contributed by atoms with Crippen LogP contribution in [0.1, 0.15) is 5.56 Å².